The maximum Gasteiger partial charge on any atom is 0.420 e. The summed E-state index contributed by atoms with van der Waals surface area (Å²) in [5, 5.41) is 0. The van der Waals surface area contributed by atoms with Crippen LogP contribution in [0, 0.1) is 0 Å². The average molecular weight is 213 g/mol. The third kappa shape index (κ3) is 1.78. The number of hydrogen-bond donors (Lipinski definition) is 0. The van der Waals surface area contributed by atoms with Crippen molar-refractivity contribution in [2.45, 2.75) is 44.8 Å². The molecule has 2 amide bonds. The standard InChI is InChI=1S/C10H15NO4/c1-2-14-9(12)11-7-5-3-4-6-8(7)15-10(11)13/h7-8H,2-6H2,1H3/t7-,8-/m1/s1. The molecule has 5 nitrogen and oxygen atoms in total. The SMILES string of the molecule is CCOC(=O)N1C(=O)O[C@@H]2CCCC[C@H]21. The molecule has 5 heteroatoms. The molecule has 0 N–H and O–H groups in total. The van der Waals surface area contributed by atoms with E-state index in [2.05, 4.69) is 0 Å². The summed E-state index contributed by atoms with van der Waals surface area (Å²) in [5.41, 5.74) is 0. The van der Waals surface area contributed by atoms with Gasteiger partial charge >= 0.3 is 12.2 Å². The quantitative estimate of drug-likeness (QED) is 0.667. The fraction of sp³-hybridized carbons (Fsp3) is 0.800. The minimum atomic E-state index is -0.572. The van der Waals surface area contributed by atoms with Crippen LogP contribution in [0.15, 0.2) is 0 Å². The number of nitrogens with zero attached hydrogens (tertiary/aromatic N) is 1. The van der Waals surface area contributed by atoms with Crippen molar-refractivity contribution in [1.29, 1.82) is 0 Å². The number of fused-ring (bicyclic) bond motifs is 1. The molecule has 0 radical (unpaired) electrons. The van der Waals surface area contributed by atoms with Gasteiger partial charge in [-0.2, -0.15) is 0 Å². The Morgan fingerprint density at radius 1 is 1.53 bits per heavy atom. The second kappa shape index (κ2) is 4.08. The zero-order valence-electron chi connectivity index (χ0n) is 8.77. The number of amides is 2. The van der Waals surface area contributed by atoms with Gasteiger partial charge in [-0.15, -0.1) is 0 Å². The number of ether oxygens (including phenoxy) is 2. The Hall–Kier alpha value is -1.26. The van der Waals surface area contributed by atoms with Crippen molar-refractivity contribution in [3.63, 3.8) is 0 Å². The molecular weight excluding hydrogens is 198 g/mol. The lowest BCUT2D eigenvalue weighted by Crippen LogP contribution is -2.42. The number of rotatable bonds is 1. The molecule has 0 bridgehead atoms. The molecule has 0 aromatic carbocycles. The third-order valence-corrected chi connectivity index (χ3v) is 2.91. The van der Waals surface area contributed by atoms with Crippen LogP contribution in [0.4, 0.5) is 9.59 Å². The van der Waals surface area contributed by atoms with E-state index in [1.54, 1.807) is 6.92 Å². The summed E-state index contributed by atoms with van der Waals surface area (Å²) in [6.45, 7) is 2.00. The van der Waals surface area contributed by atoms with Gasteiger partial charge in [-0.1, -0.05) is 6.42 Å². The van der Waals surface area contributed by atoms with Gasteiger partial charge in [0.05, 0.1) is 12.6 Å². The zero-order valence-corrected chi connectivity index (χ0v) is 8.77. The molecule has 0 unspecified atom stereocenters. The Labute approximate surface area is 88.3 Å². The maximum absolute atomic E-state index is 11.5. The Morgan fingerprint density at radius 3 is 3.00 bits per heavy atom. The van der Waals surface area contributed by atoms with Gasteiger partial charge < -0.3 is 9.47 Å². The summed E-state index contributed by atoms with van der Waals surface area (Å²) < 4.78 is 9.96. The lowest BCUT2D eigenvalue weighted by Gasteiger charge is -2.25. The van der Waals surface area contributed by atoms with Gasteiger partial charge in [0, 0.05) is 0 Å². The summed E-state index contributed by atoms with van der Waals surface area (Å²) in [5.74, 6) is 0. The molecule has 1 aliphatic heterocycles. The van der Waals surface area contributed by atoms with Crippen molar-refractivity contribution in [2.75, 3.05) is 6.61 Å². The number of carbonyl (C=O) groups is 2. The van der Waals surface area contributed by atoms with Gasteiger partial charge in [0.2, 0.25) is 0 Å². The molecule has 1 heterocycles. The molecule has 2 aliphatic rings. The van der Waals surface area contributed by atoms with Gasteiger partial charge in [-0.3, -0.25) is 0 Å². The van der Waals surface area contributed by atoms with Crippen molar-refractivity contribution in [2.24, 2.45) is 0 Å². The highest BCUT2D eigenvalue weighted by Gasteiger charge is 2.46. The summed E-state index contributed by atoms with van der Waals surface area (Å²) in [6.07, 6.45) is 2.54. The fourth-order valence-electron chi connectivity index (χ4n) is 2.23. The van der Waals surface area contributed by atoms with Gasteiger partial charge in [0.1, 0.15) is 6.10 Å². The molecule has 0 spiro atoms. The lowest BCUT2D eigenvalue weighted by atomic mass is 9.92. The number of carbonyl (C=O) groups excluding carboxylic acids is 2. The van der Waals surface area contributed by atoms with Crippen LogP contribution < -0.4 is 0 Å². The van der Waals surface area contributed by atoms with Crippen LogP contribution in [-0.4, -0.2) is 35.8 Å². The summed E-state index contributed by atoms with van der Waals surface area (Å²) in [6, 6.07) is -0.106. The molecule has 2 fully saturated rings. The van der Waals surface area contributed by atoms with Crippen LogP contribution in [0.1, 0.15) is 32.6 Å². The van der Waals surface area contributed by atoms with Gasteiger partial charge in [0.15, 0.2) is 0 Å². The van der Waals surface area contributed by atoms with Crippen LogP contribution in [0.5, 0.6) is 0 Å². The van der Waals surface area contributed by atoms with Crippen molar-refractivity contribution in [3.05, 3.63) is 0 Å². The second-order valence-electron chi connectivity index (χ2n) is 3.84. The normalized spacial score (nSPS) is 29.7. The molecule has 0 aromatic rings. The molecule has 0 aromatic heterocycles. The van der Waals surface area contributed by atoms with E-state index in [0.717, 1.165) is 30.6 Å². The molecule has 84 valence electrons. The van der Waals surface area contributed by atoms with Crippen molar-refractivity contribution in [3.8, 4) is 0 Å². The highest BCUT2D eigenvalue weighted by molar-refractivity contribution is 5.89. The van der Waals surface area contributed by atoms with Crippen LogP contribution >= 0.6 is 0 Å². The highest BCUT2D eigenvalue weighted by atomic mass is 16.6. The minimum Gasteiger partial charge on any atom is -0.449 e. The average Bonchev–Trinajstić information content (AvgIpc) is 2.54. The van der Waals surface area contributed by atoms with Crippen molar-refractivity contribution < 1.29 is 19.1 Å². The maximum atomic E-state index is 11.5. The zero-order chi connectivity index (χ0) is 10.8. The first-order valence-electron chi connectivity index (χ1n) is 5.40. The monoisotopic (exact) mass is 213 g/mol. The van der Waals surface area contributed by atoms with E-state index >= 15 is 0 Å². The molecule has 2 atom stereocenters. The van der Waals surface area contributed by atoms with E-state index < -0.39 is 12.2 Å². The van der Waals surface area contributed by atoms with E-state index in [1.165, 1.54) is 0 Å². The van der Waals surface area contributed by atoms with Crippen molar-refractivity contribution in [1.82, 2.24) is 4.90 Å². The van der Waals surface area contributed by atoms with Gasteiger partial charge in [0.25, 0.3) is 0 Å². The molecule has 1 saturated carbocycles. The summed E-state index contributed by atoms with van der Waals surface area (Å²) in [7, 11) is 0. The van der Waals surface area contributed by atoms with Crippen molar-refractivity contribution >= 4 is 12.2 Å². The Kier molecular flexibility index (Phi) is 2.79. The van der Waals surface area contributed by atoms with Crippen LogP contribution in [0.2, 0.25) is 0 Å². The molecule has 15 heavy (non-hydrogen) atoms. The van der Waals surface area contributed by atoms with E-state index in [0.29, 0.717) is 0 Å². The Balaban J connectivity index is 2.09. The predicted octanol–water partition coefficient (Wildman–Crippen LogP) is 1.91. The lowest BCUT2D eigenvalue weighted by molar-refractivity contribution is 0.104. The van der Waals surface area contributed by atoms with Gasteiger partial charge in [-0.25, -0.2) is 14.5 Å². The van der Waals surface area contributed by atoms with E-state index in [9.17, 15) is 9.59 Å². The highest BCUT2D eigenvalue weighted by Crippen LogP contribution is 2.32. The third-order valence-electron chi connectivity index (χ3n) is 2.91. The topological polar surface area (TPSA) is 55.8 Å². The summed E-state index contributed by atoms with van der Waals surface area (Å²) >= 11 is 0. The first-order chi connectivity index (χ1) is 7.24. The minimum absolute atomic E-state index is 0.106. The molecule has 1 aliphatic carbocycles. The molecule has 1 saturated heterocycles. The number of hydrogen-bond acceptors (Lipinski definition) is 4. The predicted molar refractivity (Wildman–Crippen MR) is 51.4 cm³/mol. The van der Waals surface area contributed by atoms with Crippen LogP contribution in [0.25, 0.3) is 0 Å². The Morgan fingerprint density at radius 2 is 2.27 bits per heavy atom. The van der Waals surface area contributed by atoms with Gasteiger partial charge in [-0.05, 0) is 26.2 Å². The van der Waals surface area contributed by atoms with E-state index in [-0.39, 0.29) is 18.8 Å². The van der Waals surface area contributed by atoms with E-state index in [4.69, 9.17) is 9.47 Å². The first-order valence-corrected chi connectivity index (χ1v) is 5.40. The largest absolute Gasteiger partial charge is 0.449 e. The first kappa shape index (κ1) is 10.3. The molecule has 2 rings (SSSR count). The van der Waals surface area contributed by atoms with Crippen LogP contribution in [-0.2, 0) is 9.47 Å². The smallest absolute Gasteiger partial charge is 0.420 e. The second-order valence-corrected chi connectivity index (χ2v) is 3.84. The molecular formula is C10H15NO4. The van der Waals surface area contributed by atoms with Crippen LogP contribution in [0.3, 0.4) is 0 Å². The Bertz CT molecular complexity index is 279. The number of imide groups is 1. The fourth-order valence-corrected chi connectivity index (χ4v) is 2.23. The van der Waals surface area contributed by atoms with E-state index in [1.807, 2.05) is 0 Å². The summed E-state index contributed by atoms with van der Waals surface area (Å²) in [4.78, 5) is 24.1.